The fourth-order valence-electron chi connectivity index (χ4n) is 5.42. The summed E-state index contributed by atoms with van der Waals surface area (Å²) in [7, 11) is 0. The first kappa shape index (κ1) is 21.2. The van der Waals surface area contributed by atoms with E-state index in [2.05, 4.69) is 13.5 Å². The Bertz CT molecular complexity index is 563. The van der Waals surface area contributed by atoms with E-state index in [4.69, 9.17) is 9.47 Å². The third kappa shape index (κ3) is 3.61. The van der Waals surface area contributed by atoms with Gasteiger partial charge in [-0.15, -0.1) is 0 Å². The molecule has 2 aliphatic carbocycles. The van der Waals surface area contributed by atoms with Crippen LogP contribution in [0, 0.1) is 17.3 Å². The Balaban J connectivity index is 1.72. The minimum atomic E-state index is -1.30. The quantitative estimate of drug-likeness (QED) is 0.553. The van der Waals surface area contributed by atoms with Crippen LogP contribution < -0.4 is 0 Å². The first-order chi connectivity index (χ1) is 12.5. The molecule has 3 fully saturated rings. The molecule has 1 saturated heterocycles. The van der Waals surface area contributed by atoms with Crippen molar-refractivity contribution >= 4 is 0 Å². The van der Waals surface area contributed by atoms with Crippen molar-refractivity contribution in [2.45, 2.75) is 102 Å². The van der Waals surface area contributed by atoms with E-state index in [1.54, 1.807) is 6.92 Å². The van der Waals surface area contributed by atoms with Crippen LogP contribution in [0.25, 0.3) is 0 Å². The summed E-state index contributed by atoms with van der Waals surface area (Å²) in [5.41, 5.74) is 0.317. The Hall–Kier alpha value is -0.500. The van der Waals surface area contributed by atoms with Crippen molar-refractivity contribution in [1.82, 2.24) is 0 Å². The molecule has 4 N–H and O–H groups in total. The first-order valence-corrected chi connectivity index (χ1v) is 10.2. The van der Waals surface area contributed by atoms with Crippen LogP contribution in [0.15, 0.2) is 12.2 Å². The molecule has 6 heteroatoms. The molecule has 1 heterocycles. The van der Waals surface area contributed by atoms with Crippen molar-refractivity contribution in [3.63, 3.8) is 0 Å². The van der Waals surface area contributed by atoms with Crippen LogP contribution in [0.5, 0.6) is 0 Å². The number of hydrogen-bond donors (Lipinski definition) is 4. The van der Waals surface area contributed by atoms with Gasteiger partial charge >= 0.3 is 0 Å². The molecule has 0 aromatic heterocycles. The monoisotopic (exact) mass is 384 g/mol. The number of hydrogen-bond acceptors (Lipinski definition) is 6. The smallest absolute Gasteiger partial charge is 0.187 e. The lowest BCUT2D eigenvalue weighted by Crippen LogP contribution is -2.59. The number of aliphatic hydroxyl groups is 4. The van der Waals surface area contributed by atoms with Gasteiger partial charge in [0, 0.05) is 0 Å². The molecular weight excluding hydrogens is 348 g/mol. The molecule has 0 unspecified atom stereocenters. The Kier molecular flexibility index (Phi) is 5.81. The summed E-state index contributed by atoms with van der Waals surface area (Å²) in [4.78, 5) is 0. The van der Waals surface area contributed by atoms with E-state index in [0.717, 1.165) is 37.7 Å². The molecule has 2 saturated carbocycles. The van der Waals surface area contributed by atoms with Crippen molar-refractivity contribution in [3.8, 4) is 0 Å². The van der Waals surface area contributed by atoms with E-state index in [-0.39, 0.29) is 11.3 Å². The van der Waals surface area contributed by atoms with Crippen LogP contribution in [0.1, 0.15) is 59.8 Å². The maximum absolute atomic E-state index is 10.4. The van der Waals surface area contributed by atoms with Gasteiger partial charge in [-0.1, -0.05) is 13.5 Å². The Morgan fingerprint density at radius 3 is 2.37 bits per heavy atom. The summed E-state index contributed by atoms with van der Waals surface area (Å²) in [5, 5.41) is 40.6. The molecule has 3 aliphatic rings. The predicted octanol–water partition coefficient (Wildman–Crippen LogP) is 1.74. The number of ether oxygens (including phenoxy) is 2. The second-order valence-electron chi connectivity index (χ2n) is 9.52. The molecule has 0 aromatic carbocycles. The Morgan fingerprint density at radius 2 is 1.70 bits per heavy atom. The average Bonchev–Trinajstić information content (AvgIpc) is 3.07. The molecule has 6 nitrogen and oxygen atoms in total. The summed E-state index contributed by atoms with van der Waals surface area (Å²) in [6.07, 6.45) is -1.15. The summed E-state index contributed by atoms with van der Waals surface area (Å²) < 4.78 is 11.8. The summed E-state index contributed by atoms with van der Waals surface area (Å²) in [5.74, 6) is 0.694. The Labute approximate surface area is 162 Å². The fourth-order valence-corrected chi connectivity index (χ4v) is 5.42. The van der Waals surface area contributed by atoms with Gasteiger partial charge in [0.05, 0.1) is 17.8 Å². The van der Waals surface area contributed by atoms with Crippen LogP contribution in [-0.4, -0.2) is 62.8 Å². The molecule has 0 aromatic rings. The SMILES string of the molecule is C=C1[C@H](O)CC[C@@H](C)[C@]12CC[C@@H](C(C)(C)O[C@@H]1O[C@H](C)[C@H](O)[C@H](O)[C@H]1O)C2. The van der Waals surface area contributed by atoms with Gasteiger partial charge in [-0.05, 0) is 75.7 Å². The number of aliphatic hydroxyl groups excluding tert-OH is 4. The summed E-state index contributed by atoms with van der Waals surface area (Å²) in [6.45, 7) is 12.1. The van der Waals surface area contributed by atoms with Crippen LogP contribution in [-0.2, 0) is 9.47 Å². The zero-order valence-electron chi connectivity index (χ0n) is 17.0. The van der Waals surface area contributed by atoms with Crippen molar-refractivity contribution in [3.05, 3.63) is 12.2 Å². The lowest BCUT2D eigenvalue weighted by Gasteiger charge is -2.46. The highest BCUT2D eigenvalue weighted by Gasteiger charge is 2.53. The molecule has 1 aliphatic heterocycles. The van der Waals surface area contributed by atoms with Gasteiger partial charge in [0.1, 0.15) is 18.3 Å². The lowest BCUT2D eigenvalue weighted by atomic mass is 9.61. The molecule has 9 atom stereocenters. The molecule has 0 bridgehead atoms. The molecule has 1 spiro atoms. The minimum absolute atomic E-state index is 0.0575. The van der Waals surface area contributed by atoms with E-state index < -0.39 is 42.4 Å². The summed E-state index contributed by atoms with van der Waals surface area (Å²) in [6, 6.07) is 0. The molecule has 27 heavy (non-hydrogen) atoms. The zero-order chi connectivity index (χ0) is 20.1. The van der Waals surface area contributed by atoms with Crippen molar-refractivity contribution in [2.75, 3.05) is 0 Å². The second-order valence-corrected chi connectivity index (χ2v) is 9.52. The van der Waals surface area contributed by atoms with E-state index in [0.29, 0.717) is 5.92 Å². The molecular formula is C21H36O6. The minimum Gasteiger partial charge on any atom is -0.389 e. The first-order valence-electron chi connectivity index (χ1n) is 10.2. The van der Waals surface area contributed by atoms with Crippen molar-refractivity contribution < 1.29 is 29.9 Å². The highest BCUT2D eigenvalue weighted by Crippen LogP contribution is 2.58. The van der Waals surface area contributed by atoms with Gasteiger partial charge < -0.3 is 29.9 Å². The van der Waals surface area contributed by atoms with Gasteiger partial charge in [0.15, 0.2) is 6.29 Å². The van der Waals surface area contributed by atoms with Crippen LogP contribution in [0.4, 0.5) is 0 Å². The third-order valence-electron chi connectivity index (χ3n) is 7.62. The van der Waals surface area contributed by atoms with Crippen LogP contribution >= 0.6 is 0 Å². The van der Waals surface area contributed by atoms with Crippen molar-refractivity contribution in [2.24, 2.45) is 17.3 Å². The van der Waals surface area contributed by atoms with E-state index >= 15 is 0 Å². The maximum atomic E-state index is 10.4. The van der Waals surface area contributed by atoms with E-state index in [1.165, 1.54) is 0 Å². The van der Waals surface area contributed by atoms with Gasteiger partial charge in [-0.2, -0.15) is 0 Å². The molecule has 156 valence electrons. The maximum Gasteiger partial charge on any atom is 0.187 e. The summed E-state index contributed by atoms with van der Waals surface area (Å²) >= 11 is 0. The Morgan fingerprint density at radius 1 is 1.04 bits per heavy atom. The standard InChI is InChI=1S/C21H36O6/c1-11-6-7-15(22)12(2)21(11)9-8-14(10-21)20(4,5)27-19-18(25)17(24)16(23)13(3)26-19/h11,13-19,22-25H,2,6-10H2,1,3-5H3/t11-,13-,14-,15-,16+,17+,18-,19+,21-/m1/s1. The number of rotatable bonds is 3. The van der Waals surface area contributed by atoms with Crippen molar-refractivity contribution in [1.29, 1.82) is 0 Å². The van der Waals surface area contributed by atoms with Crippen LogP contribution in [0.2, 0.25) is 0 Å². The fraction of sp³-hybridized carbons (Fsp3) is 0.905. The van der Waals surface area contributed by atoms with Gasteiger partial charge in [0.25, 0.3) is 0 Å². The topological polar surface area (TPSA) is 99.4 Å². The highest BCUT2D eigenvalue weighted by atomic mass is 16.7. The predicted molar refractivity (Wildman–Crippen MR) is 101 cm³/mol. The molecule has 3 rings (SSSR count). The molecule has 0 radical (unpaired) electrons. The van der Waals surface area contributed by atoms with Gasteiger partial charge in [0.2, 0.25) is 0 Å². The van der Waals surface area contributed by atoms with Gasteiger partial charge in [-0.3, -0.25) is 0 Å². The highest BCUT2D eigenvalue weighted by molar-refractivity contribution is 5.22. The van der Waals surface area contributed by atoms with E-state index in [1.807, 2.05) is 13.8 Å². The second kappa shape index (κ2) is 7.39. The lowest BCUT2D eigenvalue weighted by molar-refractivity contribution is -0.322. The van der Waals surface area contributed by atoms with Crippen LogP contribution in [0.3, 0.4) is 0 Å². The average molecular weight is 385 g/mol. The zero-order valence-corrected chi connectivity index (χ0v) is 17.0. The molecule has 0 amide bonds. The van der Waals surface area contributed by atoms with E-state index in [9.17, 15) is 20.4 Å². The van der Waals surface area contributed by atoms with Gasteiger partial charge in [-0.25, -0.2) is 0 Å². The largest absolute Gasteiger partial charge is 0.389 e. The third-order valence-corrected chi connectivity index (χ3v) is 7.62. The normalized spacial score (nSPS) is 49.0.